The molecule has 1 saturated heterocycles. The average Bonchev–Trinajstić information content (AvgIpc) is 2.71. The number of anilines is 1. The van der Waals surface area contributed by atoms with Gasteiger partial charge in [-0.2, -0.15) is 0 Å². The first-order valence-electron chi connectivity index (χ1n) is 9.77. The fraction of sp³-hybridized carbons (Fsp3) is 0.348. The maximum absolute atomic E-state index is 13.0. The van der Waals surface area contributed by atoms with E-state index in [2.05, 4.69) is 0 Å². The molecule has 0 aromatic heterocycles. The van der Waals surface area contributed by atoms with Crippen LogP contribution in [-0.4, -0.2) is 40.8 Å². The molecule has 29 heavy (non-hydrogen) atoms. The third-order valence-corrected chi connectivity index (χ3v) is 5.14. The highest BCUT2D eigenvalue weighted by atomic mass is 16.5. The van der Waals surface area contributed by atoms with Crippen LogP contribution in [0.3, 0.4) is 0 Å². The van der Waals surface area contributed by atoms with Crippen LogP contribution in [0.15, 0.2) is 54.6 Å². The van der Waals surface area contributed by atoms with Crippen LogP contribution in [0.5, 0.6) is 0 Å². The van der Waals surface area contributed by atoms with Crippen LogP contribution in [0.1, 0.15) is 43.6 Å². The number of hydrogen-bond donors (Lipinski definition) is 0. The van der Waals surface area contributed by atoms with E-state index in [1.165, 1.54) is 4.90 Å². The number of rotatable bonds is 5. The van der Waals surface area contributed by atoms with Crippen molar-refractivity contribution in [2.24, 2.45) is 0 Å². The van der Waals surface area contributed by atoms with Gasteiger partial charge in [-0.1, -0.05) is 36.4 Å². The lowest BCUT2D eigenvalue weighted by atomic mass is 10.0. The second-order valence-electron chi connectivity index (χ2n) is 7.51. The summed E-state index contributed by atoms with van der Waals surface area (Å²) in [6.45, 7) is 7.40. The Kier molecular flexibility index (Phi) is 6.01. The van der Waals surface area contributed by atoms with E-state index >= 15 is 0 Å². The molecule has 0 aliphatic carbocycles. The number of ether oxygens (including phenoxy) is 1. The van der Waals surface area contributed by atoms with E-state index in [-0.39, 0.29) is 24.5 Å². The monoisotopic (exact) mass is 394 g/mol. The van der Waals surface area contributed by atoms with Crippen molar-refractivity contribution < 1.29 is 19.1 Å². The first-order chi connectivity index (χ1) is 13.8. The molecule has 0 N–H and O–H groups in total. The van der Waals surface area contributed by atoms with Crippen LogP contribution in [0.25, 0.3) is 0 Å². The molecule has 0 saturated carbocycles. The predicted octanol–water partition coefficient (Wildman–Crippen LogP) is 3.40. The summed E-state index contributed by atoms with van der Waals surface area (Å²) in [6, 6.07) is 14.8. The van der Waals surface area contributed by atoms with Crippen molar-refractivity contribution in [2.45, 2.75) is 52.4 Å². The Balaban J connectivity index is 1.80. The molecule has 1 heterocycles. The van der Waals surface area contributed by atoms with Crippen LogP contribution < -0.4 is 4.90 Å². The number of nitrogens with zero attached hydrogens (tertiary/aromatic N) is 2. The molecule has 6 heteroatoms. The third-order valence-electron chi connectivity index (χ3n) is 5.14. The highest BCUT2D eigenvalue weighted by Gasteiger charge is 2.43. The van der Waals surface area contributed by atoms with Gasteiger partial charge >= 0.3 is 5.97 Å². The number of esters is 1. The summed E-state index contributed by atoms with van der Waals surface area (Å²) in [7, 11) is 0. The molecule has 0 radical (unpaired) electrons. The molecule has 3 rings (SSSR count). The van der Waals surface area contributed by atoms with Crippen molar-refractivity contribution in [3.05, 3.63) is 65.7 Å². The molecular formula is C23H26N2O4. The van der Waals surface area contributed by atoms with Crippen molar-refractivity contribution in [1.29, 1.82) is 0 Å². The summed E-state index contributed by atoms with van der Waals surface area (Å²) in [5, 5.41) is 0. The number of carbonyl (C=O) groups is 3. The second kappa shape index (κ2) is 8.47. The van der Waals surface area contributed by atoms with Gasteiger partial charge in [0.2, 0.25) is 11.8 Å². The number of hydrogen-bond acceptors (Lipinski definition) is 4. The van der Waals surface area contributed by atoms with E-state index in [1.807, 2.05) is 44.2 Å². The molecule has 1 aliphatic rings. The Morgan fingerprint density at radius 1 is 0.966 bits per heavy atom. The highest BCUT2D eigenvalue weighted by Crippen LogP contribution is 2.27. The largest absolute Gasteiger partial charge is 0.457 e. The summed E-state index contributed by atoms with van der Waals surface area (Å²) in [6.07, 6.45) is 0. The van der Waals surface area contributed by atoms with Gasteiger partial charge in [-0.25, -0.2) is 4.79 Å². The van der Waals surface area contributed by atoms with Gasteiger partial charge in [0.15, 0.2) is 0 Å². The zero-order valence-electron chi connectivity index (χ0n) is 17.2. The molecule has 2 unspecified atom stereocenters. The van der Waals surface area contributed by atoms with Gasteiger partial charge in [-0.3, -0.25) is 14.5 Å². The summed E-state index contributed by atoms with van der Waals surface area (Å²) >= 11 is 0. The van der Waals surface area contributed by atoms with Crippen LogP contribution in [0, 0.1) is 0 Å². The average molecular weight is 394 g/mol. The zero-order valence-corrected chi connectivity index (χ0v) is 17.2. The summed E-state index contributed by atoms with van der Waals surface area (Å²) in [4.78, 5) is 41.4. The van der Waals surface area contributed by atoms with Crippen LogP contribution >= 0.6 is 0 Å². The lowest BCUT2D eigenvalue weighted by Gasteiger charge is -2.44. The van der Waals surface area contributed by atoms with Gasteiger partial charge in [0.25, 0.3) is 0 Å². The molecule has 6 nitrogen and oxygen atoms in total. The Morgan fingerprint density at radius 3 is 2.31 bits per heavy atom. The molecule has 2 amide bonds. The maximum Gasteiger partial charge on any atom is 0.338 e. The van der Waals surface area contributed by atoms with Crippen LogP contribution in [0.4, 0.5) is 5.69 Å². The molecule has 1 fully saturated rings. The van der Waals surface area contributed by atoms with E-state index in [4.69, 9.17) is 4.74 Å². The Hall–Kier alpha value is -3.15. The Labute approximate surface area is 171 Å². The fourth-order valence-corrected chi connectivity index (χ4v) is 3.67. The van der Waals surface area contributed by atoms with Crippen LogP contribution in [0.2, 0.25) is 0 Å². The quantitative estimate of drug-likeness (QED) is 0.729. The third kappa shape index (κ3) is 4.16. The SMILES string of the molecule is CC1C(=O)N(C(C)C)C(C)C(=O)N1c1cccc(C(=O)OCc2ccccc2)c1. The summed E-state index contributed by atoms with van der Waals surface area (Å²) in [5.41, 5.74) is 1.75. The Bertz CT molecular complexity index is 910. The van der Waals surface area contributed by atoms with Gasteiger partial charge in [0, 0.05) is 11.7 Å². The maximum atomic E-state index is 13.0. The van der Waals surface area contributed by atoms with E-state index in [9.17, 15) is 14.4 Å². The van der Waals surface area contributed by atoms with Crippen molar-refractivity contribution in [1.82, 2.24) is 4.90 Å². The lowest BCUT2D eigenvalue weighted by Crippen LogP contribution is -2.64. The number of carbonyl (C=O) groups excluding carboxylic acids is 3. The molecule has 2 atom stereocenters. The normalized spacial score (nSPS) is 19.6. The standard InChI is InChI=1S/C23H26N2O4/c1-15(2)24-16(3)22(27)25(17(4)21(24)26)20-12-8-11-19(13-20)23(28)29-14-18-9-6-5-7-10-18/h5-13,15-17H,14H2,1-4H3. The molecule has 0 spiro atoms. The minimum atomic E-state index is -0.642. The van der Waals surface area contributed by atoms with E-state index < -0.39 is 18.1 Å². The fourth-order valence-electron chi connectivity index (χ4n) is 3.67. The van der Waals surface area contributed by atoms with Crippen molar-refractivity contribution in [3.63, 3.8) is 0 Å². The molecule has 0 bridgehead atoms. The minimum absolute atomic E-state index is 0.0645. The second-order valence-corrected chi connectivity index (χ2v) is 7.51. The first-order valence-corrected chi connectivity index (χ1v) is 9.77. The van der Waals surface area contributed by atoms with Crippen molar-refractivity contribution in [2.75, 3.05) is 4.90 Å². The molecule has 1 aliphatic heterocycles. The number of amides is 2. The van der Waals surface area contributed by atoms with Gasteiger partial charge < -0.3 is 9.64 Å². The van der Waals surface area contributed by atoms with Gasteiger partial charge in [0.1, 0.15) is 18.7 Å². The number of piperazine rings is 1. The first kappa shape index (κ1) is 20.6. The number of benzene rings is 2. The highest BCUT2D eigenvalue weighted by molar-refractivity contribution is 6.08. The molecule has 2 aromatic carbocycles. The van der Waals surface area contributed by atoms with E-state index in [1.54, 1.807) is 43.0 Å². The molecule has 152 valence electrons. The van der Waals surface area contributed by atoms with Gasteiger partial charge in [-0.05, 0) is 51.5 Å². The van der Waals surface area contributed by atoms with Crippen molar-refractivity contribution >= 4 is 23.5 Å². The lowest BCUT2D eigenvalue weighted by molar-refractivity contribution is -0.147. The molecule has 2 aromatic rings. The summed E-state index contributed by atoms with van der Waals surface area (Å²) in [5.74, 6) is -0.749. The zero-order chi connectivity index (χ0) is 21.1. The van der Waals surface area contributed by atoms with Crippen LogP contribution in [-0.2, 0) is 20.9 Å². The minimum Gasteiger partial charge on any atom is -0.457 e. The summed E-state index contributed by atoms with van der Waals surface area (Å²) < 4.78 is 5.38. The topological polar surface area (TPSA) is 66.9 Å². The smallest absolute Gasteiger partial charge is 0.338 e. The molecular weight excluding hydrogens is 368 g/mol. The van der Waals surface area contributed by atoms with E-state index in [0.717, 1.165) is 5.56 Å². The Morgan fingerprint density at radius 2 is 1.66 bits per heavy atom. The van der Waals surface area contributed by atoms with Gasteiger partial charge in [0.05, 0.1) is 5.56 Å². The van der Waals surface area contributed by atoms with Crippen molar-refractivity contribution in [3.8, 4) is 0 Å². The van der Waals surface area contributed by atoms with Gasteiger partial charge in [-0.15, -0.1) is 0 Å². The van der Waals surface area contributed by atoms with E-state index in [0.29, 0.717) is 11.3 Å². The predicted molar refractivity (Wildman–Crippen MR) is 110 cm³/mol.